The van der Waals surface area contributed by atoms with Crippen molar-refractivity contribution in [3.63, 3.8) is 0 Å². The van der Waals surface area contributed by atoms with Crippen LogP contribution in [0, 0.1) is 5.92 Å². The molecule has 1 aromatic rings. The Morgan fingerprint density at radius 1 is 1.47 bits per heavy atom. The summed E-state index contributed by atoms with van der Waals surface area (Å²) in [5.41, 5.74) is 6.82. The van der Waals surface area contributed by atoms with Crippen molar-refractivity contribution in [3.05, 3.63) is 23.8 Å². The maximum atomic E-state index is 5.76. The Hall–Kier alpha value is -0.670. The summed E-state index contributed by atoms with van der Waals surface area (Å²) in [5, 5.41) is 0. The van der Waals surface area contributed by atoms with Crippen LogP contribution in [0.3, 0.4) is 0 Å². The third-order valence-electron chi connectivity index (χ3n) is 2.66. The van der Waals surface area contributed by atoms with E-state index in [1.807, 2.05) is 6.07 Å². The molecular weight excluding hydrogens is 206 g/mol. The molecule has 1 saturated carbocycles. The minimum absolute atomic E-state index is 0.550. The molecule has 0 spiro atoms. The van der Waals surface area contributed by atoms with Crippen LogP contribution in [0.2, 0.25) is 0 Å². The van der Waals surface area contributed by atoms with Gasteiger partial charge in [0.25, 0.3) is 0 Å². The van der Waals surface area contributed by atoms with Crippen LogP contribution in [0.25, 0.3) is 0 Å². The van der Waals surface area contributed by atoms with Crippen LogP contribution >= 0.6 is 11.8 Å². The predicted octanol–water partition coefficient (Wildman–Crippen LogP) is 2.66. The number of nitrogens with two attached hydrogens (primary N) is 1. The van der Waals surface area contributed by atoms with Crippen LogP contribution in [-0.2, 0) is 6.54 Å². The van der Waals surface area contributed by atoms with E-state index in [0.29, 0.717) is 6.54 Å². The van der Waals surface area contributed by atoms with E-state index < -0.39 is 0 Å². The Labute approximate surface area is 95.2 Å². The van der Waals surface area contributed by atoms with Gasteiger partial charge in [0.15, 0.2) is 0 Å². The Balaban J connectivity index is 2.06. The minimum Gasteiger partial charge on any atom is -0.493 e. The van der Waals surface area contributed by atoms with Crippen molar-refractivity contribution in [1.82, 2.24) is 0 Å². The summed E-state index contributed by atoms with van der Waals surface area (Å²) in [6.45, 7) is 1.40. The quantitative estimate of drug-likeness (QED) is 0.779. The molecule has 0 amide bonds. The summed E-state index contributed by atoms with van der Waals surface area (Å²) in [6, 6.07) is 6.25. The van der Waals surface area contributed by atoms with Crippen LogP contribution in [0.5, 0.6) is 5.75 Å². The van der Waals surface area contributed by atoms with E-state index in [1.165, 1.54) is 17.7 Å². The highest BCUT2D eigenvalue weighted by Gasteiger charge is 2.22. The zero-order valence-corrected chi connectivity index (χ0v) is 9.85. The van der Waals surface area contributed by atoms with E-state index in [2.05, 4.69) is 18.4 Å². The normalized spacial score (nSPS) is 15.3. The Morgan fingerprint density at radius 3 is 2.87 bits per heavy atom. The van der Waals surface area contributed by atoms with E-state index in [4.69, 9.17) is 10.5 Å². The van der Waals surface area contributed by atoms with Gasteiger partial charge < -0.3 is 10.5 Å². The second-order valence-electron chi connectivity index (χ2n) is 3.93. The van der Waals surface area contributed by atoms with E-state index in [9.17, 15) is 0 Å². The second kappa shape index (κ2) is 4.90. The molecule has 1 aliphatic carbocycles. The van der Waals surface area contributed by atoms with Gasteiger partial charge in [-0.05, 0) is 43.2 Å². The molecule has 2 nitrogen and oxygen atoms in total. The summed E-state index contributed by atoms with van der Waals surface area (Å²) in [4.78, 5) is 1.24. The molecule has 0 aliphatic heterocycles. The first-order chi connectivity index (χ1) is 7.33. The van der Waals surface area contributed by atoms with Gasteiger partial charge in [-0.25, -0.2) is 0 Å². The zero-order valence-electron chi connectivity index (χ0n) is 9.03. The fourth-order valence-corrected chi connectivity index (χ4v) is 1.94. The Bertz CT molecular complexity index is 336. The Kier molecular flexibility index (Phi) is 3.54. The molecule has 0 heterocycles. The minimum atomic E-state index is 0.550. The van der Waals surface area contributed by atoms with Crippen molar-refractivity contribution >= 4 is 11.8 Å². The number of rotatable bonds is 5. The van der Waals surface area contributed by atoms with E-state index in [1.54, 1.807) is 11.8 Å². The molecule has 0 bridgehead atoms. The van der Waals surface area contributed by atoms with Crippen molar-refractivity contribution in [1.29, 1.82) is 0 Å². The molecule has 82 valence electrons. The van der Waals surface area contributed by atoms with Gasteiger partial charge in [0, 0.05) is 17.0 Å². The van der Waals surface area contributed by atoms with Gasteiger partial charge in [0.2, 0.25) is 0 Å². The monoisotopic (exact) mass is 223 g/mol. The summed E-state index contributed by atoms with van der Waals surface area (Å²) < 4.78 is 5.76. The molecule has 1 fully saturated rings. The second-order valence-corrected chi connectivity index (χ2v) is 4.81. The van der Waals surface area contributed by atoms with Gasteiger partial charge in [-0.3, -0.25) is 0 Å². The van der Waals surface area contributed by atoms with Gasteiger partial charge in [-0.15, -0.1) is 11.8 Å². The van der Waals surface area contributed by atoms with Crippen molar-refractivity contribution in [2.75, 3.05) is 12.9 Å². The molecule has 2 N–H and O–H groups in total. The largest absolute Gasteiger partial charge is 0.493 e. The van der Waals surface area contributed by atoms with Crippen molar-refractivity contribution < 1.29 is 4.74 Å². The topological polar surface area (TPSA) is 35.2 Å². The van der Waals surface area contributed by atoms with Gasteiger partial charge >= 0.3 is 0 Å². The summed E-state index contributed by atoms with van der Waals surface area (Å²) in [5.74, 6) is 1.75. The highest BCUT2D eigenvalue weighted by atomic mass is 32.2. The average Bonchev–Trinajstić information content (AvgIpc) is 3.10. The molecule has 3 heteroatoms. The standard InChI is InChI=1S/C12H17NOS/c1-15-11-4-5-12(10(6-11)7-13)14-8-9-2-3-9/h4-6,9H,2-3,7-8,13H2,1H3. The summed E-state index contributed by atoms with van der Waals surface area (Å²) in [6.07, 6.45) is 4.71. The van der Waals surface area contributed by atoms with Crippen LogP contribution in [0.1, 0.15) is 18.4 Å². The fourth-order valence-electron chi connectivity index (χ4n) is 1.48. The first kappa shape index (κ1) is 10.8. The zero-order chi connectivity index (χ0) is 10.7. The van der Waals surface area contributed by atoms with E-state index in [-0.39, 0.29) is 0 Å². The van der Waals surface area contributed by atoms with Gasteiger partial charge in [0.05, 0.1) is 6.61 Å². The van der Waals surface area contributed by atoms with Gasteiger partial charge in [0.1, 0.15) is 5.75 Å². The molecule has 1 aliphatic rings. The van der Waals surface area contributed by atoms with Crippen molar-refractivity contribution in [2.45, 2.75) is 24.3 Å². The lowest BCUT2D eigenvalue weighted by atomic mass is 10.2. The smallest absolute Gasteiger partial charge is 0.123 e. The number of ether oxygens (including phenoxy) is 1. The molecule has 0 saturated heterocycles. The molecule has 15 heavy (non-hydrogen) atoms. The summed E-state index contributed by atoms with van der Waals surface area (Å²) >= 11 is 1.73. The molecule has 0 aromatic heterocycles. The number of hydrogen-bond acceptors (Lipinski definition) is 3. The third kappa shape index (κ3) is 2.89. The highest BCUT2D eigenvalue weighted by Crippen LogP contribution is 2.31. The average molecular weight is 223 g/mol. The van der Waals surface area contributed by atoms with Crippen LogP contribution in [-0.4, -0.2) is 12.9 Å². The SMILES string of the molecule is CSc1ccc(OCC2CC2)c(CN)c1. The molecule has 1 aromatic carbocycles. The van der Waals surface area contributed by atoms with Gasteiger partial charge in [-0.2, -0.15) is 0 Å². The van der Waals surface area contributed by atoms with Crippen molar-refractivity contribution in [3.8, 4) is 5.75 Å². The maximum Gasteiger partial charge on any atom is 0.123 e. The van der Waals surface area contributed by atoms with E-state index >= 15 is 0 Å². The molecule has 0 unspecified atom stereocenters. The first-order valence-electron chi connectivity index (χ1n) is 5.33. The summed E-state index contributed by atoms with van der Waals surface area (Å²) in [7, 11) is 0. The lowest BCUT2D eigenvalue weighted by Crippen LogP contribution is -2.04. The number of thioether (sulfide) groups is 1. The molecular formula is C12H17NOS. The van der Waals surface area contributed by atoms with Gasteiger partial charge in [-0.1, -0.05) is 0 Å². The van der Waals surface area contributed by atoms with Crippen molar-refractivity contribution in [2.24, 2.45) is 11.7 Å². The molecule has 0 radical (unpaired) electrons. The molecule has 0 atom stereocenters. The lowest BCUT2D eigenvalue weighted by molar-refractivity contribution is 0.296. The number of benzene rings is 1. The van der Waals surface area contributed by atoms with Crippen LogP contribution < -0.4 is 10.5 Å². The predicted molar refractivity (Wildman–Crippen MR) is 64.3 cm³/mol. The third-order valence-corrected chi connectivity index (χ3v) is 3.38. The highest BCUT2D eigenvalue weighted by molar-refractivity contribution is 7.98. The molecule has 2 rings (SSSR count). The van der Waals surface area contributed by atoms with Crippen LogP contribution in [0.15, 0.2) is 23.1 Å². The van der Waals surface area contributed by atoms with Crippen LogP contribution in [0.4, 0.5) is 0 Å². The number of hydrogen-bond donors (Lipinski definition) is 1. The van der Waals surface area contributed by atoms with E-state index in [0.717, 1.165) is 23.8 Å². The fraction of sp³-hybridized carbons (Fsp3) is 0.500. The maximum absolute atomic E-state index is 5.76. The first-order valence-corrected chi connectivity index (χ1v) is 6.55. The lowest BCUT2D eigenvalue weighted by Gasteiger charge is -2.10. The Morgan fingerprint density at radius 2 is 2.27 bits per heavy atom.